The molecule has 0 aliphatic rings. The van der Waals surface area contributed by atoms with E-state index in [0.717, 1.165) is 5.56 Å². The highest BCUT2D eigenvalue weighted by atomic mass is 16.5. The number of nitrogens with one attached hydrogen (secondary N) is 1. The number of hydrogen-bond donors (Lipinski definition) is 1. The molecule has 98 valence electrons. The van der Waals surface area contributed by atoms with Gasteiger partial charge in [0.25, 0.3) is 0 Å². The van der Waals surface area contributed by atoms with Crippen LogP contribution in [0.1, 0.15) is 15.9 Å². The zero-order chi connectivity index (χ0) is 13.5. The first-order chi connectivity index (χ1) is 8.56. The molecule has 0 saturated heterocycles. The summed E-state index contributed by atoms with van der Waals surface area (Å²) in [4.78, 5) is 24.3. The molecule has 1 aromatic rings. The Bertz CT molecular complexity index is 415. The third-order valence-corrected chi connectivity index (χ3v) is 2.52. The molecule has 5 heteroatoms. The summed E-state index contributed by atoms with van der Waals surface area (Å²) in [6.45, 7) is 0.990. The number of carbonyl (C=O) groups is 2. The summed E-state index contributed by atoms with van der Waals surface area (Å²) in [5.41, 5.74) is 1.56. The van der Waals surface area contributed by atoms with E-state index < -0.39 is 0 Å². The molecule has 0 fully saturated rings. The summed E-state index contributed by atoms with van der Waals surface area (Å²) in [6, 6.07) is 7.14. The van der Waals surface area contributed by atoms with Gasteiger partial charge in [-0.2, -0.15) is 0 Å². The van der Waals surface area contributed by atoms with Gasteiger partial charge in [-0.3, -0.25) is 9.69 Å². The second kappa shape index (κ2) is 6.76. The molecule has 0 aliphatic heterocycles. The van der Waals surface area contributed by atoms with Crippen LogP contribution >= 0.6 is 0 Å². The fraction of sp³-hybridized carbons (Fsp3) is 0.385. The number of benzene rings is 1. The van der Waals surface area contributed by atoms with Crippen LogP contribution in [0, 0.1) is 0 Å². The number of nitrogens with zero attached hydrogens (tertiary/aromatic N) is 1. The van der Waals surface area contributed by atoms with E-state index in [1.165, 1.54) is 7.11 Å². The van der Waals surface area contributed by atoms with Gasteiger partial charge in [-0.1, -0.05) is 12.1 Å². The Morgan fingerprint density at radius 3 is 2.39 bits per heavy atom. The topological polar surface area (TPSA) is 58.6 Å². The van der Waals surface area contributed by atoms with E-state index in [4.69, 9.17) is 0 Å². The maximum Gasteiger partial charge on any atom is 0.337 e. The molecule has 1 aromatic carbocycles. The third-order valence-electron chi connectivity index (χ3n) is 2.52. The van der Waals surface area contributed by atoms with E-state index in [9.17, 15) is 9.59 Å². The van der Waals surface area contributed by atoms with Gasteiger partial charge in [-0.15, -0.1) is 0 Å². The lowest BCUT2D eigenvalue weighted by molar-refractivity contribution is -0.121. The van der Waals surface area contributed by atoms with Crippen molar-refractivity contribution in [3.05, 3.63) is 35.4 Å². The molecule has 1 rings (SSSR count). The quantitative estimate of drug-likeness (QED) is 0.780. The molecule has 0 unspecified atom stereocenters. The lowest BCUT2D eigenvalue weighted by Gasteiger charge is -2.15. The van der Waals surface area contributed by atoms with E-state index >= 15 is 0 Å². The van der Waals surface area contributed by atoms with E-state index in [0.29, 0.717) is 18.7 Å². The largest absolute Gasteiger partial charge is 0.465 e. The standard InChI is InChI=1S/C13H18N2O3/c1-14-12(16)9-15(2)8-10-4-6-11(7-5-10)13(17)18-3/h4-7H,8-9H2,1-3H3,(H,14,16). The monoisotopic (exact) mass is 250 g/mol. The predicted molar refractivity (Wildman–Crippen MR) is 68.2 cm³/mol. The van der Waals surface area contributed by atoms with Crippen LogP contribution in [0.4, 0.5) is 0 Å². The number of carbonyl (C=O) groups excluding carboxylic acids is 2. The molecule has 0 saturated carbocycles. The van der Waals surface area contributed by atoms with Gasteiger partial charge in [0.1, 0.15) is 0 Å². The second-order valence-electron chi connectivity index (χ2n) is 4.03. The summed E-state index contributed by atoms with van der Waals surface area (Å²) in [7, 11) is 4.83. The SMILES string of the molecule is CNC(=O)CN(C)Cc1ccc(C(=O)OC)cc1. The molecule has 0 radical (unpaired) electrons. The number of rotatable bonds is 5. The van der Waals surface area contributed by atoms with Gasteiger partial charge < -0.3 is 10.1 Å². The Hall–Kier alpha value is -1.88. The zero-order valence-electron chi connectivity index (χ0n) is 10.9. The Labute approximate surface area is 107 Å². The van der Waals surface area contributed by atoms with Gasteiger partial charge in [0.2, 0.25) is 5.91 Å². The van der Waals surface area contributed by atoms with Crippen LogP contribution in [0.15, 0.2) is 24.3 Å². The van der Waals surface area contributed by atoms with Crippen molar-refractivity contribution in [3.63, 3.8) is 0 Å². The summed E-state index contributed by atoms with van der Waals surface area (Å²) in [6.07, 6.45) is 0. The van der Waals surface area contributed by atoms with Crippen LogP contribution in [-0.4, -0.2) is 44.5 Å². The molecule has 0 atom stereocenters. The van der Waals surface area contributed by atoms with E-state index in [1.807, 2.05) is 24.1 Å². The zero-order valence-corrected chi connectivity index (χ0v) is 10.9. The molecule has 18 heavy (non-hydrogen) atoms. The summed E-state index contributed by atoms with van der Waals surface area (Å²) >= 11 is 0. The molecule has 0 spiro atoms. The normalized spacial score (nSPS) is 10.2. The fourth-order valence-corrected chi connectivity index (χ4v) is 1.56. The number of esters is 1. The highest BCUT2D eigenvalue weighted by Crippen LogP contribution is 2.07. The van der Waals surface area contributed by atoms with E-state index in [-0.39, 0.29) is 11.9 Å². The maximum absolute atomic E-state index is 11.2. The number of likely N-dealkylation sites (N-methyl/N-ethyl adjacent to an activating group) is 2. The van der Waals surface area contributed by atoms with Crippen molar-refractivity contribution in [3.8, 4) is 0 Å². The number of amides is 1. The molecule has 0 aromatic heterocycles. The minimum Gasteiger partial charge on any atom is -0.465 e. The van der Waals surface area contributed by atoms with Crippen LogP contribution in [-0.2, 0) is 16.1 Å². The molecule has 1 N–H and O–H groups in total. The predicted octanol–water partition coefficient (Wildman–Crippen LogP) is 0.651. The Kier molecular flexibility index (Phi) is 5.32. The van der Waals surface area contributed by atoms with Crippen molar-refractivity contribution in [2.45, 2.75) is 6.54 Å². The molecule has 0 bridgehead atoms. The van der Waals surface area contributed by atoms with Crippen LogP contribution in [0.25, 0.3) is 0 Å². The molecular formula is C13H18N2O3. The first-order valence-corrected chi connectivity index (χ1v) is 5.63. The van der Waals surface area contributed by atoms with Gasteiger partial charge in [-0.25, -0.2) is 4.79 Å². The maximum atomic E-state index is 11.2. The second-order valence-corrected chi connectivity index (χ2v) is 4.03. The number of methoxy groups -OCH3 is 1. The van der Waals surface area contributed by atoms with Gasteiger partial charge in [0.05, 0.1) is 19.2 Å². The number of hydrogen-bond acceptors (Lipinski definition) is 4. The molecule has 0 heterocycles. The smallest absolute Gasteiger partial charge is 0.337 e. The highest BCUT2D eigenvalue weighted by molar-refractivity contribution is 5.89. The highest BCUT2D eigenvalue weighted by Gasteiger charge is 2.07. The Morgan fingerprint density at radius 2 is 1.89 bits per heavy atom. The van der Waals surface area contributed by atoms with Crippen molar-refractivity contribution in [2.24, 2.45) is 0 Å². The lowest BCUT2D eigenvalue weighted by atomic mass is 10.1. The minimum atomic E-state index is -0.347. The average Bonchev–Trinajstić information content (AvgIpc) is 2.38. The first kappa shape index (κ1) is 14.2. The molecule has 5 nitrogen and oxygen atoms in total. The lowest BCUT2D eigenvalue weighted by Crippen LogP contribution is -2.32. The minimum absolute atomic E-state index is 0.0244. The van der Waals surface area contributed by atoms with Crippen LogP contribution in [0.2, 0.25) is 0 Å². The van der Waals surface area contributed by atoms with Crippen molar-refractivity contribution >= 4 is 11.9 Å². The van der Waals surface area contributed by atoms with Crippen LogP contribution < -0.4 is 5.32 Å². The Morgan fingerprint density at radius 1 is 1.28 bits per heavy atom. The van der Waals surface area contributed by atoms with Gasteiger partial charge in [0.15, 0.2) is 0 Å². The summed E-state index contributed by atoms with van der Waals surface area (Å²) in [5, 5.41) is 2.57. The van der Waals surface area contributed by atoms with E-state index in [1.54, 1.807) is 19.2 Å². The first-order valence-electron chi connectivity index (χ1n) is 5.63. The summed E-state index contributed by atoms with van der Waals surface area (Å²) in [5.74, 6) is -0.371. The fourth-order valence-electron chi connectivity index (χ4n) is 1.56. The molecule has 0 aliphatic carbocycles. The Balaban J connectivity index is 2.58. The van der Waals surface area contributed by atoms with Crippen molar-refractivity contribution in [1.29, 1.82) is 0 Å². The van der Waals surface area contributed by atoms with Crippen LogP contribution in [0.3, 0.4) is 0 Å². The van der Waals surface area contributed by atoms with Crippen LogP contribution in [0.5, 0.6) is 0 Å². The average molecular weight is 250 g/mol. The molecule has 1 amide bonds. The van der Waals surface area contributed by atoms with Gasteiger partial charge in [-0.05, 0) is 24.7 Å². The van der Waals surface area contributed by atoms with Gasteiger partial charge >= 0.3 is 5.97 Å². The summed E-state index contributed by atoms with van der Waals surface area (Å²) < 4.78 is 4.62. The van der Waals surface area contributed by atoms with Crippen molar-refractivity contribution in [1.82, 2.24) is 10.2 Å². The van der Waals surface area contributed by atoms with E-state index in [2.05, 4.69) is 10.1 Å². The van der Waals surface area contributed by atoms with Crippen molar-refractivity contribution in [2.75, 3.05) is 27.7 Å². The molecular weight excluding hydrogens is 232 g/mol. The van der Waals surface area contributed by atoms with Crippen molar-refractivity contribution < 1.29 is 14.3 Å². The third kappa shape index (κ3) is 4.18. The van der Waals surface area contributed by atoms with Gasteiger partial charge in [0, 0.05) is 13.6 Å². The number of ether oxygens (including phenoxy) is 1.